The van der Waals surface area contributed by atoms with Crippen LogP contribution in [0.5, 0.6) is 0 Å². The van der Waals surface area contributed by atoms with Gasteiger partial charge in [-0.3, -0.25) is 9.36 Å². The highest BCUT2D eigenvalue weighted by Crippen LogP contribution is 2.06. The summed E-state index contributed by atoms with van der Waals surface area (Å²) in [7, 11) is 1.68. The molecule has 0 fully saturated rings. The van der Waals surface area contributed by atoms with Crippen molar-refractivity contribution < 1.29 is 0 Å². The number of hydrogen-bond donors (Lipinski definition) is 1. The number of aromatic nitrogens is 2. The van der Waals surface area contributed by atoms with E-state index in [0.717, 1.165) is 0 Å². The lowest BCUT2D eigenvalue weighted by atomic mass is 10.2. The number of hydrogen-bond acceptors (Lipinski definition) is 3. The Morgan fingerprint density at radius 3 is 2.73 bits per heavy atom. The zero-order chi connectivity index (χ0) is 10.1. The summed E-state index contributed by atoms with van der Waals surface area (Å²) in [6.45, 7) is 0.274. The number of benzene rings is 1. The van der Waals surface area contributed by atoms with Crippen LogP contribution in [0.1, 0.15) is 5.82 Å². The zero-order valence-corrected chi connectivity index (χ0v) is 9.12. The number of rotatable bonds is 1. The number of nitrogens with two attached hydrogens (primary N) is 1. The second kappa shape index (κ2) is 4.42. The first-order chi connectivity index (χ1) is 6.74. The molecule has 0 aliphatic heterocycles. The summed E-state index contributed by atoms with van der Waals surface area (Å²) < 4.78 is 1.49. The van der Waals surface area contributed by atoms with E-state index < -0.39 is 0 Å². The van der Waals surface area contributed by atoms with Crippen LogP contribution in [-0.4, -0.2) is 9.55 Å². The van der Waals surface area contributed by atoms with Gasteiger partial charge in [0, 0.05) is 7.05 Å². The van der Waals surface area contributed by atoms with E-state index in [2.05, 4.69) is 4.98 Å². The maximum absolute atomic E-state index is 11.8. The monoisotopic (exact) mass is 225 g/mol. The van der Waals surface area contributed by atoms with E-state index in [1.165, 1.54) is 4.57 Å². The van der Waals surface area contributed by atoms with E-state index in [-0.39, 0.29) is 24.5 Å². The van der Waals surface area contributed by atoms with Gasteiger partial charge in [-0.25, -0.2) is 4.98 Å². The average Bonchev–Trinajstić information content (AvgIpc) is 2.23. The first-order valence-electron chi connectivity index (χ1n) is 4.38. The Kier molecular flexibility index (Phi) is 3.44. The molecule has 0 radical (unpaired) electrons. The SMILES string of the molecule is Cl.Cn1c(CN)nc2ccccc2c1=O. The lowest BCUT2D eigenvalue weighted by molar-refractivity contribution is 0.742. The smallest absolute Gasteiger partial charge is 0.261 e. The largest absolute Gasteiger partial charge is 0.324 e. The molecule has 1 heterocycles. The van der Waals surface area contributed by atoms with Crippen LogP contribution in [0, 0.1) is 0 Å². The van der Waals surface area contributed by atoms with E-state index in [9.17, 15) is 4.79 Å². The van der Waals surface area contributed by atoms with Crippen LogP contribution in [0.15, 0.2) is 29.1 Å². The van der Waals surface area contributed by atoms with Gasteiger partial charge in [0.1, 0.15) is 5.82 Å². The van der Waals surface area contributed by atoms with Crippen LogP contribution in [0.25, 0.3) is 10.9 Å². The van der Waals surface area contributed by atoms with Crippen LogP contribution < -0.4 is 11.3 Å². The fourth-order valence-corrected chi connectivity index (χ4v) is 1.45. The second-order valence-electron chi connectivity index (χ2n) is 3.11. The van der Waals surface area contributed by atoms with Gasteiger partial charge in [0.25, 0.3) is 5.56 Å². The van der Waals surface area contributed by atoms with Crippen molar-refractivity contribution in [3.8, 4) is 0 Å². The van der Waals surface area contributed by atoms with Crippen molar-refractivity contribution in [2.75, 3.05) is 0 Å². The molecule has 0 saturated carbocycles. The number of nitrogens with zero attached hydrogens (tertiary/aromatic N) is 2. The molecule has 0 unspecified atom stereocenters. The Morgan fingerprint density at radius 2 is 2.07 bits per heavy atom. The van der Waals surface area contributed by atoms with Crippen LogP contribution in [0.3, 0.4) is 0 Å². The predicted molar refractivity (Wildman–Crippen MR) is 62.1 cm³/mol. The van der Waals surface area contributed by atoms with Crippen molar-refractivity contribution >= 4 is 23.3 Å². The van der Waals surface area contributed by atoms with Crippen molar-refractivity contribution in [2.24, 2.45) is 12.8 Å². The topological polar surface area (TPSA) is 60.9 Å². The molecule has 0 aliphatic rings. The Labute approximate surface area is 93.1 Å². The summed E-state index contributed by atoms with van der Waals surface area (Å²) in [5.74, 6) is 0.605. The highest BCUT2D eigenvalue weighted by molar-refractivity contribution is 5.85. The molecule has 5 heteroatoms. The summed E-state index contributed by atoms with van der Waals surface area (Å²) in [6, 6.07) is 7.27. The summed E-state index contributed by atoms with van der Waals surface area (Å²) in [4.78, 5) is 16.1. The zero-order valence-electron chi connectivity index (χ0n) is 8.30. The molecule has 2 aromatic rings. The van der Waals surface area contributed by atoms with E-state index in [4.69, 9.17) is 5.73 Å². The average molecular weight is 226 g/mol. The standard InChI is InChI=1S/C10H11N3O.ClH/c1-13-9(6-11)12-8-5-3-2-4-7(8)10(13)14;/h2-5H,6,11H2,1H3;1H. The molecule has 0 spiro atoms. The van der Waals surface area contributed by atoms with Crippen molar-refractivity contribution in [3.05, 3.63) is 40.4 Å². The van der Waals surface area contributed by atoms with Gasteiger partial charge in [0.15, 0.2) is 0 Å². The van der Waals surface area contributed by atoms with Gasteiger partial charge in [-0.2, -0.15) is 0 Å². The molecular weight excluding hydrogens is 214 g/mol. The highest BCUT2D eigenvalue weighted by Gasteiger charge is 2.04. The minimum atomic E-state index is -0.0453. The summed E-state index contributed by atoms with van der Waals surface area (Å²) in [5.41, 5.74) is 6.15. The van der Waals surface area contributed by atoms with E-state index in [0.29, 0.717) is 16.7 Å². The van der Waals surface area contributed by atoms with E-state index in [1.54, 1.807) is 13.1 Å². The molecule has 1 aromatic carbocycles. The Hall–Kier alpha value is -1.39. The van der Waals surface area contributed by atoms with Crippen LogP contribution in [-0.2, 0) is 13.6 Å². The molecule has 0 aliphatic carbocycles. The fraction of sp³-hybridized carbons (Fsp3) is 0.200. The van der Waals surface area contributed by atoms with Crippen molar-refractivity contribution in [1.29, 1.82) is 0 Å². The van der Waals surface area contributed by atoms with Crippen molar-refractivity contribution in [3.63, 3.8) is 0 Å². The molecule has 15 heavy (non-hydrogen) atoms. The first-order valence-corrected chi connectivity index (χ1v) is 4.38. The predicted octanol–water partition coefficient (Wildman–Crippen LogP) is 0.814. The van der Waals surface area contributed by atoms with Gasteiger partial charge in [-0.15, -0.1) is 12.4 Å². The molecule has 2 N–H and O–H groups in total. The van der Waals surface area contributed by atoms with Gasteiger partial charge in [-0.05, 0) is 12.1 Å². The maximum atomic E-state index is 11.8. The Bertz CT molecular complexity index is 536. The van der Waals surface area contributed by atoms with Crippen molar-refractivity contribution in [1.82, 2.24) is 9.55 Å². The third-order valence-electron chi connectivity index (χ3n) is 2.26. The molecule has 0 bridgehead atoms. The van der Waals surface area contributed by atoms with Gasteiger partial charge in [0.2, 0.25) is 0 Å². The lowest BCUT2D eigenvalue weighted by Crippen LogP contribution is -2.23. The van der Waals surface area contributed by atoms with E-state index in [1.807, 2.05) is 18.2 Å². The van der Waals surface area contributed by atoms with Gasteiger partial charge in [0.05, 0.1) is 17.4 Å². The molecule has 0 amide bonds. The Morgan fingerprint density at radius 1 is 1.40 bits per heavy atom. The van der Waals surface area contributed by atoms with Crippen molar-refractivity contribution in [2.45, 2.75) is 6.54 Å². The summed E-state index contributed by atoms with van der Waals surface area (Å²) >= 11 is 0. The first kappa shape index (κ1) is 11.7. The van der Waals surface area contributed by atoms with E-state index >= 15 is 0 Å². The normalized spacial score (nSPS) is 10.0. The lowest BCUT2D eigenvalue weighted by Gasteiger charge is -2.06. The van der Waals surface area contributed by atoms with Crippen LogP contribution in [0.4, 0.5) is 0 Å². The van der Waals surface area contributed by atoms with Gasteiger partial charge < -0.3 is 5.73 Å². The third-order valence-corrected chi connectivity index (χ3v) is 2.26. The molecule has 4 nitrogen and oxygen atoms in total. The molecule has 0 atom stereocenters. The highest BCUT2D eigenvalue weighted by atomic mass is 35.5. The molecule has 1 aromatic heterocycles. The maximum Gasteiger partial charge on any atom is 0.261 e. The number of halogens is 1. The molecule has 80 valence electrons. The minimum absolute atomic E-state index is 0. The number of para-hydroxylation sites is 1. The fourth-order valence-electron chi connectivity index (χ4n) is 1.45. The third kappa shape index (κ3) is 1.86. The summed E-state index contributed by atoms with van der Waals surface area (Å²) in [6.07, 6.45) is 0. The molecule has 0 saturated heterocycles. The van der Waals surface area contributed by atoms with Gasteiger partial charge in [-0.1, -0.05) is 12.1 Å². The van der Waals surface area contributed by atoms with Crippen LogP contribution in [0.2, 0.25) is 0 Å². The minimum Gasteiger partial charge on any atom is -0.324 e. The quantitative estimate of drug-likeness (QED) is 0.782. The number of fused-ring (bicyclic) bond motifs is 1. The second-order valence-corrected chi connectivity index (χ2v) is 3.11. The summed E-state index contributed by atoms with van der Waals surface area (Å²) in [5, 5.41) is 0.632. The molecule has 2 rings (SSSR count). The van der Waals surface area contributed by atoms with Gasteiger partial charge >= 0.3 is 0 Å². The van der Waals surface area contributed by atoms with Crippen LogP contribution >= 0.6 is 12.4 Å². The Balaban J connectivity index is 0.00000112. The molecular formula is C10H12ClN3O.